The zero-order chi connectivity index (χ0) is 19.4. The fourth-order valence-electron chi connectivity index (χ4n) is 2.76. The van der Waals surface area contributed by atoms with Crippen LogP contribution in [0.3, 0.4) is 0 Å². The van der Waals surface area contributed by atoms with E-state index in [2.05, 4.69) is 49.5 Å². The van der Waals surface area contributed by atoms with Gasteiger partial charge < -0.3 is 10.5 Å². The molecule has 134 valence electrons. The molecule has 6 heteroatoms. The molecule has 0 aliphatic heterocycles. The molecular weight excluding hydrogens is 470 g/mol. The Hall–Kier alpha value is -2.62. The zero-order valence-corrected chi connectivity index (χ0v) is 17.4. The molecule has 0 aliphatic rings. The summed E-state index contributed by atoms with van der Waals surface area (Å²) in [4.78, 5) is 4.21. The van der Waals surface area contributed by atoms with Crippen molar-refractivity contribution < 1.29 is 4.74 Å². The first-order valence-electron chi connectivity index (χ1n) is 8.04. The third-order valence-electron chi connectivity index (χ3n) is 3.94. The molecule has 1 aromatic heterocycles. The van der Waals surface area contributed by atoms with Gasteiger partial charge in [-0.15, -0.1) is 0 Å². The van der Waals surface area contributed by atoms with E-state index in [4.69, 9.17) is 10.5 Å². The van der Waals surface area contributed by atoms with Crippen LogP contribution in [0.4, 0.5) is 5.82 Å². The van der Waals surface area contributed by atoms with Crippen molar-refractivity contribution in [1.29, 1.82) is 5.26 Å². The topological polar surface area (TPSA) is 71.9 Å². The lowest BCUT2D eigenvalue weighted by molar-refractivity contribution is 0.358. The smallest absolute Gasteiger partial charge is 0.148 e. The molecule has 3 aromatic rings. The molecule has 0 radical (unpaired) electrons. The Balaban J connectivity index is 2.26. The number of hydrogen-bond acceptors (Lipinski definition) is 4. The average Bonchev–Trinajstić information content (AvgIpc) is 2.67. The van der Waals surface area contributed by atoms with Crippen LogP contribution in [-0.2, 0) is 0 Å². The lowest BCUT2D eigenvalue weighted by atomic mass is 9.92. The number of nitrogens with zero attached hydrogens (tertiary/aromatic N) is 2. The number of rotatable bonds is 5. The van der Waals surface area contributed by atoms with Gasteiger partial charge in [-0.2, -0.15) is 5.26 Å². The molecule has 4 nitrogen and oxygen atoms in total. The minimum Gasteiger partial charge on any atom is -0.487 e. The van der Waals surface area contributed by atoms with E-state index >= 15 is 0 Å². The standard InChI is InChI=1S/C21H15Br2N3O/c1-2-8-27-20-17(22)9-14(10-18(20)23)19-15(11-24)21(25)26-12-16(19)13-6-4-3-5-7-13/h2-7,9-10,12H,1,8H2,(H2,25,26). The highest BCUT2D eigenvalue weighted by molar-refractivity contribution is 9.11. The first kappa shape index (κ1) is 19.2. The summed E-state index contributed by atoms with van der Waals surface area (Å²) in [5, 5.41) is 9.71. The van der Waals surface area contributed by atoms with Gasteiger partial charge in [-0.25, -0.2) is 4.98 Å². The molecule has 0 atom stereocenters. The number of anilines is 1. The highest BCUT2D eigenvalue weighted by Gasteiger charge is 2.19. The fourth-order valence-corrected chi connectivity index (χ4v) is 4.18. The van der Waals surface area contributed by atoms with Crippen LogP contribution in [0.1, 0.15) is 5.56 Å². The molecule has 0 bridgehead atoms. The van der Waals surface area contributed by atoms with Gasteiger partial charge in [0.15, 0.2) is 0 Å². The second-order valence-corrected chi connectivity index (χ2v) is 7.36. The van der Waals surface area contributed by atoms with Crippen LogP contribution in [0.15, 0.2) is 70.3 Å². The van der Waals surface area contributed by atoms with Crippen LogP contribution < -0.4 is 10.5 Å². The highest BCUT2D eigenvalue weighted by Crippen LogP contribution is 2.42. The minimum atomic E-state index is 0.200. The molecule has 0 saturated carbocycles. The molecule has 0 fully saturated rings. The summed E-state index contributed by atoms with van der Waals surface area (Å²) in [6, 6.07) is 15.8. The van der Waals surface area contributed by atoms with E-state index in [1.807, 2.05) is 42.5 Å². The maximum Gasteiger partial charge on any atom is 0.148 e. The molecule has 1 heterocycles. The maximum absolute atomic E-state index is 9.71. The summed E-state index contributed by atoms with van der Waals surface area (Å²) >= 11 is 7.10. The van der Waals surface area contributed by atoms with Gasteiger partial charge in [0.2, 0.25) is 0 Å². The van der Waals surface area contributed by atoms with Gasteiger partial charge in [0.05, 0.1) is 8.95 Å². The summed E-state index contributed by atoms with van der Waals surface area (Å²) < 4.78 is 7.20. The van der Waals surface area contributed by atoms with Crippen LogP contribution in [0.25, 0.3) is 22.3 Å². The Morgan fingerprint density at radius 2 is 1.81 bits per heavy atom. The van der Waals surface area contributed by atoms with Gasteiger partial charge in [-0.05, 0) is 55.1 Å². The van der Waals surface area contributed by atoms with Gasteiger partial charge in [-0.1, -0.05) is 43.0 Å². The van der Waals surface area contributed by atoms with Gasteiger partial charge >= 0.3 is 0 Å². The summed E-state index contributed by atoms with van der Waals surface area (Å²) in [5.74, 6) is 0.867. The number of nitrogens with two attached hydrogens (primary N) is 1. The van der Waals surface area contributed by atoms with Crippen molar-refractivity contribution in [2.75, 3.05) is 12.3 Å². The maximum atomic E-state index is 9.71. The molecule has 2 aromatic carbocycles. The number of benzene rings is 2. The Labute approximate surface area is 174 Å². The van der Waals surface area contributed by atoms with Gasteiger partial charge in [0, 0.05) is 17.3 Å². The van der Waals surface area contributed by atoms with E-state index in [9.17, 15) is 5.26 Å². The van der Waals surface area contributed by atoms with Crippen molar-refractivity contribution in [3.63, 3.8) is 0 Å². The van der Waals surface area contributed by atoms with Crippen molar-refractivity contribution in [2.24, 2.45) is 0 Å². The number of nitrogen functional groups attached to an aromatic ring is 1. The molecule has 3 rings (SSSR count). The monoisotopic (exact) mass is 483 g/mol. The first-order chi connectivity index (χ1) is 13.1. The second-order valence-electron chi connectivity index (χ2n) is 5.65. The van der Waals surface area contributed by atoms with E-state index in [1.54, 1.807) is 12.3 Å². The van der Waals surface area contributed by atoms with Crippen LogP contribution in [-0.4, -0.2) is 11.6 Å². The summed E-state index contributed by atoms with van der Waals surface area (Å²) in [7, 11) is 0. The Kier molecular flexibility index (Phi) is 5.94. The number of ether oxygens (including phenoxy) is 1. The van der Waals surface area contributed by atoms with Gasteiger partial charge in [0.1, 0.15) is 29.8 Å². The second kappa shape index (κ2) is 8.38. The third kappa shape index (κ3) is 3.90. The fraction of sp³-hybridized carbons (Fsp3) is 0.0476. The van der Waals surface area contributed by atoms with Crippen molar-refractivity contribution in [1.82, 2.24) is 4.98 Å². The van der Waals surface area contributed by atoms with Crippen molar-refractivity contribution >= 4 is 37.7 Å². The molecule has 0 amide bonds. The molecular formula is C21H15Br2N3O. The number of aromatic nitrogens is 1. The predicted octanol–water partition coefficient (Wildman–Crippen LogP) is 5.96. The largest absolute Gasteiger partial charge is 0.487 e. The van der Waals surface area contributed by atoms with Crippen LogP contribution in [0.2, 0.25) is 0 Å². The minimum absolute atomic E-state index is 0.200. The van der Waals surface area contributed by atoms with Crippen LogP contribution in [0, 0.1) is 11.3 Å². The van der Waals surface area contributed by atoms with Crippen molar-refractivity contribution in [3.8, 4) is 34.1 Å². The normalized spacial score (nSPS) is 10.3. The Morgan fingerprint density at radius 3 is 2.41 bits per heavy atom. The molecule has 27 heavy (non-hydrogen) atoms. The van der Waals surface area contributed by atoms with E-state index < -0.39 is 0 Å². The Morgan fingerprint density at radius 1 is 1.15 bits per heavy atom. The molecule has 0 aliphatic carbocycles. The van der Waals surface area contributed by atoms with Crippen LogP contribution >= 0.6 is 31.9 Å². The quantitative estimate of drug-likeness (QED) is 0.453. The van der Waals surface area contributed by atoms with E-state index in [1.165, 1.54) is 0 Å². The number of hydrogen-bond donors (Lipinski definition) is 1. The van der Waals surface area contributed by atoms with Gasteiger partial charge in [0.25, 0.3) is 0 Å². The lowest BCUT2D eigenvalue weighted by Gasteiger charge is -2.16. The van der Waals surface area contributed by atoms with E-state index in [0.29, 0.717) is 17.9 Å². The van der Waals surface area contributed by atoms with Crippen LogP contribution in [0.5, 0.6) is 5.75 Å². The molecule has 0 unspecified atom stereocenters. The average molecular weight is 485 g/mol. The van der Waals surface area contributed by atoms with Gasteiger partial charge in [-0.3, -0.25) is 0 Å². The summed E-state index contributed by atoms with van der Waals surface area (Å²) in [5.41, 5.74) is 9.68. The molecule has 2 N–H and O–H groups in total. The summed E-state index contributed by atoms with van der Waals surface area (Å²) in [6.45, 7) is 4.05. The summed E-state index contributed by atoms with van der Waals surface area (Å²) in [6.07, 6.45) is 3.38. The SMILES string of the molecule is C=CCOc1c(Br)cc(-c2c(-c3ccccc3)cnc(N)c2C#N)cc1Br. The van der Waals surface area contributed by atoms with Crippen molar-refractivity contribution in [2.45, 2.75) is 0 Å². The van der Waals surface area contributed by atoms with E-state index in [0.717, 1.165) is 31.2 Å². The highest BCUT2D eigenvalue weighted by atomic mass is 79.9. The number of nitriles is 1. The first-order valence-corrected chi connectivity index (χ1v) is 9.62. The number of pyridine rings is 1. The van der Waals surface area contributed by atoms with E-state index in [-0.39, 0.29) is 5.82 Å². The molecule has 0 spiro atoms. The Bertz CT molecular complexity index is 1020. The zero-order valence-electron chi connectivity index (χ0n) is 14.2. The third-order valence-corrected chi connectivity index (χ3v) is 5.12. The number of halogens is 2. The lowest BCUT2D eigenvalue weighted by Crippen LogP contribution is -2.01. The predicted molar refractivity (Wildman–Crippen MR) is 115 cm³/mol. The van der Waals surface area contributed by atoms with Crippen molar-refractivity contribution in [3.05, 3.63) is 75.8 Å². The molecule has 0 saturated heterocycles.